The summed E-state index contributed by atoms with van der Waals surface area (Å²) >= 11 is 0. The maximum absolute atomic E-state index is 13.4. The van der Waals surface area contributed by atoms with E-state index in [1.54, 1.807) is 12.1 Å². The predicted molar refractivity (Wildman–Crippen MR) is 129 cm³/mol. The lowest BCUT2D eigenvalue weighted by atomic mass is 9.96. The van der Waals surface area contributed by atoms with Crippen LogP contribution >= 0.6 is 0 Å². The van der Waals surface area contributed by atoms with Crippen LogP contribution in [-0.4, -0.2) is 36.1 Å². The normalized spacial score (nSPS) is 18.6. The molecule has 1 fully saturated rings. The second-order valence-electron chi connectivity index (χ2n) is 9.71. The van der Waals surface area contributed by atoms with Gasteiger partial charge < -0.3 is 20.6 Å². The highest BCUT2D eigenvalue weighted by Gasteiger charge is 2.52. The number of hydrogen-bond donors (Lipinski definition) is 3. The molecule has 2 aromatic rings. The van der Waals surface area contributed by atoms with E-state index in [2.05, 4.69) is 15.5 Å². The van der Waals surface area contributed by atoms with Crippen molar-refractivity contribution in [1.82, 2.24) is 10.6 Å². The van der Waals surface area contributed by atoms with Crippen LogP contribution < -0.4 is 15.5 Å². The van der Waals surface area contributed by atoms with Crippen LogP contribution in [0.1, 0.15) is 46.8 Å². The summed E-state index contributed by atoms with van der Waals surface area (Å²) in [6.07, 6.45) is 0.833. The number of benzene rings is 2. The summed E-state index contributed by atoms with van der Waals surface area (Å²) in [7, 11) is 0. The van der Waals surface area contributed by atoms with Gasteiger partial charge in [0.1, 0.15) is 5.70 Å². The number of nitrogens with one attached hydrogen (secondary N) is 2. The van der Waals surface area contributed by atoms with Gasteiger partial charge in [0, 0.05) is 31.1 Å². The summed E-state index contributed by atoms with van der Waals surface area (Å²) in [5.41, 5.74) is 3.49. The topological polar surface area (TPSA) is 81.7 Å². The highest BCUT2D eigenvalue weighted by atomic mass is 19.4. The summed E-state index contributed by atoms with van der Waals surface area (Å²) in [4.78, 5) is 26.6. The average molecular weight is 498 g/mol. The fraction of sp³-hybridized carbons (Fsp3) is 0.333. The van der Waals surface area contributed by atoms with Gasteiger partial charge in [-0.2, -0.15) is 13.2 Å². The van der Waals surface area contributed by atoms with Crippen molar-refractivity contribution in [2.75, 3.05) is 18.0 Å². The number of fused-ring (bicyclic) bond motifs is 2. The molecule has 1 aliphatic carbocycles. The highest BCUT2D eigenvalue weighted by Crippen LogP contribution is 2.57. The number of aliphatic carboxylic acids is 1. The Bertz CT molecular complexity index is 1280. The second-order valence-corrected chi connectivity index (χ2v) is 9.71. The van der Waals surface area contributed by atoms with Crippen LogP contribution in [0, 0.1) is 0 Å². The number of anilines is 1. The molecule has 0 aromatic heterocycles. The fourth-order valence-corrected chi connectivity index (χ4v) is 5.07. The second kappa shape index (κ2) is 8.72. The van der Waals surface area contributed by atoms with Crippen LogP contribution in [0.15, 0.2) is 65.9 Å². The van der Waals surface area contributed by atoms with Crippen molar-refractivity contribution >= 4 is 17.6 Å². The third-order valence-corrected chi connectivity index (χ3v) is 7.25. The van der Waals surface area contributed by atoms with E-state index < -0.39 is 17.7 Å². The first-order chi connectivity index (χ1) is 17.1. The van der Waals surface area contributed by atoms with E-state index in [0.717, 1.165) is 53.9 Å². The van der Waals surface area contributed by atoms with E-state index in [1.807, 2.05) is 19.1 Å². The number of halogens is 3. The Morgan fingerprint density at radius 1 is 1.14 bits per heavy atom. The van der Waals surface area contributed by atoms with Crippen molar-refractivity contribution < 1.29 is 27.9 Å². The lowest BCUT2D eigenvalue weighted by Crippen LogP contribution is -2.39. The van der Waals surface area contributed by atoms with Crippen molar-refractivity contribution in [3.05, 3.63) is 88.1 Å². The molecule has 1 spiro atoms. The number of dihydropyridines is 1. The number of carboxylic acids is 1. The maximum atomic E-state index is 13.4. The number of carbonyl (C=O) groups excluding carboxylic acids is 1. The van der Waals surface area contributed by atoms with Gasteiger partial charge in [-0.1, -0.05) is 30.3 Å². The standard InChI is InChI=1S/C27H26F3N3O3/c1-16(18-7-10-22(25(35)36)31-13-18)32-24(34)20-3-2-4-21-23(20)33(15-26(21)11-12-26)14-17-5-8-19(9-6-17)27(28,29)30/h2-10,16,31H,11-15H2,1H3,(H,32,34)(H,35,36). The van der Waals surface area contributed by atoms with Crippen molar-refractivity contribution in [2.45, 2.75) is 43.9 Å². The first kappa shape index (κ1) is 24.0. The van der Waals surface area contributed by atoms with Crippen molar-refractivity contribution in [2.24, 2.45) is 0 Å². The minimum Gasteiger partial charge on any atom is -0.477 e. The van der Waals surface area contributed by atoms with Gasteiger partial charge in [0.2, 0.25) is 0 Å². The zero-order chi connectivity index (χ0) is 25.7. The number of carbonyl (C=O) groups is 2. The quantitative estimate of drug-likeness (QED) is 0.552. The van der Waals surface area contributed by atoms with Crippen molar-refractivity contribution in [3.8, 4) is 0 Å². The van der Waals surface area contributed by atoms with Crippen molar-refractivity contribution in [1.29, 1.82) is 0 Å². The van der Waals surface area contributed by atoms with Crippen LogP contribution in [-0.2, 0) is 22.9 Å². The molecule has 1 amide bonds. The SMILES string of the molecule is CC(NC(=O)c1cccc2c1N(Cc1ccc(C(F)(F)F)cc1)CC21CC1)C1=CC=C(C(=O)O)NC1. The van der Waals surface area contributed by atoms with Crippen molar-refractivity contribution in [3.63, 3.8) is 0 Å². The third kappa shape index (κ3) is 4.45. The Balaban J connectivity index is 1.38. The Kier molecular flexibility index (Phi) is 5.81. The number of hydrogen-bond acceptors (Lipinski definition) is 4. The number of alkyl halides is 3. The van der Waals surface area contributed by atoms with Crippen LogP contribution in [0.25, 0.3) is 0 Å². The lowest BCUT2D eigenvalue weighted by molar-refractivity contribution is -0.137. The van der Waals surface area contributed by atoms with Gasteiger partial charge in [-0.3, -0.25) is 4.79 Å². The summed E-state index contributed by atoms with van der Waals surface area (Å²) < 4.78 is 38.9. The maximum Gasteiger partial charge on any atom is 0.416 e. The minimum absolute atomic E-state index is 0.00298. The van der Waals surface area contributed by atoms with Gasteiger partial charge in [-0.25, -0.2) is 4.79 Å². The molecule has 36 heavy (non-hydrogen) atoms. The molecule has 1 unspecified atom stereocenters. The summed E-state index contributed by atoms with van der Waals surface area (Å²) in [5, 5.41) is 14.9. The molecule has 188 valence electrons. The predicted octanol–water partition coefficient (Wildman–Crippen LogP) is 4.37. The third-order valence-electron chi connectivity index (χ3n) is 7.25. The number of amides is 1. The van der Waals surface area contributed by atoms with E-state index in [0.29, 0.717) is 18.7 Å². The molecule has 0 radical (unpaired) electrons. The van der Waals surface area contributed by atoms with Gasteiger partial charge in [0.05, 0.1) is 16.8 Å². The van der Waals surface area contributed by atoms with E-state index in [1.165, 1.54) is 18.2 Å². The Labute approximate surface area is 206 Å². The van der Waals surface area contributed by atoms with Crippen LogP contribution in [0.5, 0.6) is 0 Å². The zero-order valence-electron chi connectivity index (χ0n) is 19.7. The van der Waals surface area contributed by atoms with Gasteiger partial charge in [-0.15, -0.1) is 0 Å². The summed E-state index contributed by atoms with van der Waals surface area (Å²) in [6.45, 7) is 3.29. The lowest BCUT2D eigenvalue weighted by Gasteiger charge is -2.25. The zero-order valence-corrected chi connectivity index (χ0v) is 19.7. The Morgan fingerprint density at radius 3 is 2.44 bits per heavy atom. The molecule has 3 aliphatic rings. The number of para-hydroxylation sites is 1. The Morgan fingerprint density at radius 2 is 1.86 bits per heavy atom. The van der Waals surface area contributed by atoms with Gasteiger partial charge >= 0.3 is 12.1 Å². The number of carboxylic acid groups (broad SMARTS) is 1. The molecule has 6 nitrogen and oxygen atoms in total. The van der Waals surface area contributed by atoms with Gasteiger partial charge in [-0.05, 0) is 60.7 Å². The van der Waals surface area contributed by atoms with E-state index in [-0.39, 0.29) is 23.1 Å². The molecule has 2 aromatic carbocycles. The minimum atomic E-state index is -4.38. The van der Waals surface area contributed by atoms with E-state index in [9.17, 15) is 22.8 Å². The van der Waals surface area contributed by atoms with Crippen LogP contribution in [0.2, 0.25) is 0 Å². The largest absolute Gasteiger partial charge is 0.477 e. The van der Waals surface area contributed by atoms with Crippen LogP contribution in [0.4, 0.5) is 18.9 Å². The molecular formula is C27H26F3N3O3. The van der Waals surface area contributed by atoms with Gasteiger partial charge in [0.25, 0.3) is 5.91 Å². The number of allylic oxidation sites excluding steroid dienone is 2. The van der Waals surface area contributed by atoms with Gasteiger partial charge in [0.15, 0.2) is 0 Å². The first-order valence-electron chi connectivity index (χ1n) is 11.8. The molecule has 1 saturated carbocycles. The fourth-order valence-electron chi connectivity index (χ4n) is 5.07. The molecular weight excluding hydrogens is 471 g/mol. The summed E-state index contributed by atoms with van der Waals surface area (Å²) in [5.74, 6) is -1.28. The highest BCUT2D eigenvalue weighted by molar-refractivity contribution is 6.02. The number of rotatable bonds is 6. The van der Waals surface area contributed by atoms with E-state index >= 15 is 0 Å². The molecule has 5 rings (SSSR count). The Hall–Kier alpha value is -3.75. The van der Waals surface area contributed by atoms with Crippen LogP contribution in [0.3, 0.4) is 0 Å². The molecule has 0 saturated heterocycles. The molecule has 2 aliphatic heterocycles. The summed E-state index contributed by atoms with van der Waals surface area (Å²) in [6, 6.07) is 10.5. The average Bonchev–Trinajstić information content (AvgIpc) is 3.56. The van der Waals surface area contributed by atoms with E-state index in [4.69, 9.17) is 5.11 Å². The molecule has 0 bridgehead atoms. The number of nitrogens with zero attached hydrogens (tertiary/aromatic N) is 1. The first-order valence-corrected chi connectivity index (χ1v) is 11.8. The monoisotopic (exact) mass is 497 g/mol. The molecule has 1 atom stereocenters. The molecule has 2 heterocycles. The molecule has 3 N–H and O–H groups in total. The molecule has 9 heteroatoms. The smallest absolute Gasteiger partial charge is 0.416 e.